The van der Waals surface area contributed by atoms with Gasteiger partial charge in [0.15, 0.2) is 0 Å². The third-order valence-corrected chi connectivity index (χ3v) is 5.29. The Morgan fingerprint density at radius 3 is 2.41 bits per heavy atom. The predicted molar refractivity (Wildman–Crippen MR) is 127 cm³/mol. The lowest BCUT2D eigenvalue weighted by atomic mass is 9.99. The van der Waals surface area contributed by atoms with E-state index in [1.165, 1.54) is 37.9 Å². The second-order valence-corrected chi connectivity index (χ2v) is 7.38. The Hall–Kier alpha value is -2.46. The van der Waals surface area contributed by atoms with Crippen molar-refractivity contribution >= 4 is 5.69 Å². The number of piperidine rings is 1. The van der Waals surface area contributed by atoms with Crippen molar-refractivity contribution in [3.8, 4) is 11.3 Å². The van der Waals surface area contributed by atoms with E-state index in [1.807, 2.05) is 33.3 Å². The molecular formula is C25H38N4. The second kappa shape index (κ2) is 10.9. The van der Waals surface area contributed by atoms with Crippen LogP contribution in [0.4, 0.5) is 5.69 Å². The minimum Gasteiger partial charge on any atom is -0.387 e. The average Bonchev–Trinajstić information content (AvgIpc) is 3.55. The van der Waals surface area contributed by atoms with Crippen LogP contribution in [-0.2, 0) is 12.0 Å². The number of likely N-dealkylation sites (tertiary alicyclic amines) is 1. The molecule has 0 amide bonds. The molecule has 2 aliphatic rings. The summed E-state index contributed by atoms with van der Waals surface area (Å²) in [6, 6.07) is 6.46. The number of rotatable bonds is 5. The zero-order valence-electron chi connectivity index (χ0n) is 18.5. The van der Waals surface area contributed by atoms with Gasteiger partial charge in [0.2, 0.25) is 0 Å². The summed E-state index contributed by atoms with van der Waals surface area (Å²) in [4.78, 5) is 12.0. The van der Waals surface area contributed by atoms with Crippen molar-refractivity contribution in [3.05, 3.63) is 67.2 Å². The Morgan fingerprint density at radius 2 is 1.79 bits per heavy atom. The fourth-order valence-corrected chi connectivity index (χ4v) is 3.60. The first-order valence-corrected chi connectivity index (χ1v) is 10.7. The standard InChI is InChI=1S/C21H26N4.C2H6.C2H4.H2/c1-21(8-9-21)20-19(22-2)7-6-18(24-20)17-12-16(13-23-14-17)15-25-10-4-3-5-11-25;2*1-2;/h6-9,12-14,22H,3-5,10-11,15H2,1-2H3;1-2H3;1-2H2;1H. The van der Waals surface area contributed by atoms with Crippen LogP contribution < -0.4 is 5.32 Å². The van der Waals surface area contributed by atoms with E-state index in [9.17, 15) is 0 Å². The van der Waals surface area contributed by atoms with Crippen LogP contribution in [-0.4, -0.2) is 35.0 Å². The number of nitrogens with zero attached hydrogens (tertiary/aromatic N) is 3. The summed E-state index contributed by atoms with van der Waals surface area (Å²) >= 11 is 0. The molecule has 0 saturated carbocycles. The molecule has 158 valence electrons. The van der Waals surface area contributed by atoms with E-state index >= 15 is 0 Å². The van der Waals surface area contributed by atoms with Crippen molar-refractivity contribution in [2.75, 3.05) is 25.5 Å². The van der Waals surface area contributed by atoms with Gasteiger partial charge in [-0.1, -0.05) is 32.4 Å². The number of allylic oxidation sites excluding steroid dienone is 2. The van der Waals surface area contributed by atoms with Crippen LogP contribution in [0.25, 0.3) is 11.3 Å². The van der Waals surface area contributed by atoms with E-state index in [4.69, 9.17) is 4.98 Å². The van der Waals surface area contributed by atoms with Crippen molar-refractivity contribution in [3.63, 3.8) is 0 Å². The van der Waals surface area contributed by atoms with Gasteiger partial charge in [-0.3, -0.25) is 9.88 Å². The van der Waals surface area contributed by atoms with Crippen LogP contribution in [0.5, 0.6) is 0 Å². The van der Waals surface area contributed by atoms with Crippen molar-refractivity contribution < 1.29 is 1.43 Å². The number of hydrogen-bond donors (Lipinski definition) is 1. The van der Waals surface area contributed by atoms with Crippen molar-refractivity contribution in [2.24, 2.45) is 0 Å². The molecule has 1 N–H and O–H groups in total. The van der Waals surface area contributed by atoms with Crippen LogP contribution in [0.15, 0.2) is 55.9 Å². The molecule has 4 heteroatoms. The normalized spacial score (nSPS) is 16.7. The Bertz CT molecular complexity index is 807. The van der Waals surface area contributed by atoms with Crippen LogP contribution >= 0.6 is 0 Å². The Balaban J connectivity index is 0.000000851. The molecule has 4 rings (SSSR count). The highest BCUT2D eigenvalue weighted by Crippen LogP contribution is 2.41. The summed E-state index contributed by atoms with van der Waals surface area (Å²) < 4.78 is 0. The molecule has 0 bridgehead atoms. The van der Waals surface area contributed by atoms with Gasteiger partial charge in [-0.15, -0.1) is 13.2 Å². The summed E-state index contributed by atoms with van der Waals surface area (Å²) in [6.07, 6.45) is 12.3. The smallest absolute Gasteiger partial charge is 0.0776 e. The molecule has 1 aliphatic carbocycles. The molecule has 1 saturated heterocycles. The third kappa shape index (κ3) is 5.77. The largest absolute Gasteiger partial charge is 0.387 e. The molecule has 2 aromatic rings. The number of nitrogens with one attached hydrogen (secondary N) is 1. The van der Waals surface area contributed by atoms with E-state index in [2.05, 4.69) is 65.6 Å². The monoisotopic (exact) mass is 394 g/mol. The summed E-state index contributed by atoms with van der Waals surface area (Å²) in [7, 11) is 1.95. The Labute approximate surface area is 178 Å². The second-order valence-electron chi connectivity index (χ2n) is 7.38. The maximum absolute atomic E-state index is 4.96. The van der Waals surface area contributed by atoms with E-state index in [-0.39, 0.29) is 6.84 Å². The maximum atomic E-state index is 4.96. The van der Waals surface area contributed by atoms with Crippen LogP contribution in [0.2, 0.25) is 0 Å². The van der Waals surface area contributed by atoms with Gasteiger partial charge >= 0.3 is 0 Å². The molecule has 0 unspecified atom stereocenters. The number of hydrogen-bond acceptors (Lipinski definition) is 4. The van der Waals surface area contributed by atoms with E-state index in [1.54, 1.807) is 0 Å². The summed E-state index contributed by atoms with van der Waals surface area (Å²) in [6.45, 7) is 15.6. The van der Waals surface area contributed by atoms with Crippen LogP contribution in [0.3, 0.4) is 0 Å². The quantitative estimate of drug-likeness (QED) is 0.625. The maximum Gasteiger partial charge on any atom is 0.0776 e. The first-order chi connectivity index (χ1) is 14.2. The molecule has 0 atom stereocenters. The topological polar surface area (TPSA) is 41.1 Å². The zero-order chi connectivity index (χ0) is 21.3. The van der Waals surface area contributed by atoms with E-state index in [0.29, 0.717) is 0 Å². The lowest BCUT2D eigenvalue weighted by Gasteiger charge is -2.26. The minimum atomic E-state index is -0.00675. The molecule has 0 spiro atoms. The Morgan fingerprint density at radius 1 is 1.10 bits per heavy atom. The van der Waals surface area contributed by atoms with Gasteiger partial charge in [0.05, 0.1) is 17.1 Å². The predicted octanol–water partition coefficient (Wildman–Crippen LogP) is 6.07. The lowest BCUT2D eigenvalue weighted by Crippen LogP contribution is -2.29. The van der Waals surface area contributed by atoms with E-state index < -0.39 is 0 Å². The van der Waals surface area contributed by atoms with Gasteiger partial charge in [0.25, 0.3) is 0 Å². The molecule has 1 aliphatic heterocycles. The minimum absolute atomic E-state index is 0. The van der Waals surface area contributed by atoms with Crippen LogP contribution in [0.1, 0.15) is 52.7 Å². The van der Waals surface area contributed by atoms with Gasteiger partial charge in [0.1, 0.15) is 0 Å². The average molecular weight is 395 g/mol. The lowest BCUT2D eigenvalue weighted by molar-refractivity contribution is 0.220. The van der Waals surface area contributed by atoms with Crippen molar-refractivity contribution in [1.29, 1.82) is 0 Å². The van der Waals surface area contributed by atoms with Gasteiger partial charge < -0.3 is 5.32 Å². The van der Waals surface area contributed by atoms with Crippen LogP contribution in [0, 0.1) is 0 Å². The first kappa shape index (κ1) is 22.8. The Kier molecular flexibility index (Phi) is 8.59. The summed E-state index contributed by atoms with van der Waals surface area (Å²) in [5, 5.41) is 3.26. The van der Waals surface area contributed by atoms with Crippen molar-refractivity contribution in [1.82, 2.24) is 14.9 Å². The van der Waals surface area contributed by atoms with Gasteiger partial charge in [-0.25, -0.2) is 4.98 Å². The summed E-state index contributed by atoms with van der Waals surface area (Å²) in [5.74, 6) is 0. The molecule has 0 aromatic carbocycles. The van der Waals surface area contributed by atoms with Gasteiger partial charge in [-0.2, -0.15) is 0 Å². The summed E-state index contributed by atoms with van der Waals surface area (Å²) in [5.41, 5.74) is 5.55. The van der Waals surface area contributed by atoms with Crippen molar-refractivity contribution in [2.45, 2.75) is 52.0 Å². The molecule has 0 radical (unpaired) electrons. The van der Waals surface area contributed by atoms with Gasteiger partial charge in [0, 0.05) is 38.4 Å². The zero-order valence-corrected chi connectivity index (χ0v) is 18.5. The number of anilines is 1. The fraction of sp³-hybridized carbons (Fsp3) is 0.440. The number of pyridine rings is 2. The number of aromatic nitrogens is 2. The van der Waals surface area contributed by atoms with E-state index in [0.717, 1.165) is 29.2 Å². The highest BCUT2D eigenvalue weighted by Gasteiger charge is 2.34. The first-order valence-electron chi connectivity index (χ1n) is 10.7. The molecular weight excluding hydrogens is 356 g/mol. The molecule has 3 heterocycles. The highest BCUT2D eigenvalue weighted by atomic mass is 15.1. The molecule has 2 aromatic heterocycles. The molecule has 29 heavy (non-hydrogen) atoms. The highest BCUT2D eigenvalue weighted by molar-refractivity contribution is 5.66. The SMILES string of the molecule is C=C.CC.CNc1ccc(-c2cncc(CN3CCCCC3)c2)nc1C1(C)C=C1.[HH]. The van der Waals surface area contributed by atoms with Gasteiger partial charge in [-0.05, 0) is 56.6 Å². The fourth-order valence-electron chi connectivity index (χ4n) is 3.60. The third-order valence-electron chi connectivity index (χ3n) is 5.29. The molecule has 4 nitrogen and oxygen atoms in total. The molecule has 1 fully saturated rings.